The van der Waals surface area contributed by atoms with Crippen LogP contribution >= 0.6 is 0 Å². The summed E-state index contributed by atoms with van der Waals surface area (Å²) in [6.07, 6.45) is 0. The molecule has 0 aliphatic rings. The lowest BCUT2D eigenvalue weighted by Crippen LogP contribution is -2.05. The molecule has 0 N–H and O–H groups in total. The first kappa shape index (κ1) is 36.7. The monoisotopic (exact) mass is 733 g/mol. The highest BCUT2D eigenvalue weighted by molar-refractivity contribution is 6.13. The van der Waals surface area contributed by atoms with Gasteiger partial charge in [0.25, 0.3) is 0 Å². The predicted octanol–water partition coefficient (Wildman–Crippen LogP) is 14.0. The maximum Gasteiger partial charge on any atom is 0.160 e. The normalized spacial score (nSPS) is 11.7. The van der Waals surface area contributed by atoms with Gasteiger partial charge in [-0.3, -0.25) is 4.98 Å². The molecule has 0 aliphatic carbocycles. The van der Waals surface area contributed by atoms with E-state index in [2.05, 4.69) is 177 Å². The molecule has 8 aromatic rings. The van der Waals surface area contributed by atoms with Crippen LogP contribution in [0.3, 0.4) is 0 Å². The van der Waals surface area contributed by atoms with Crippen molar-refractivity contribution < 1.29 is 0 Å². The molecule has 0 bridgehead atoms. The van der Waals surface area contributed by atoms with E-state index in [-0.39, 0.29) is 0 Å². The van der Waals surface area contributed by atoms with Gasteiger partial charge in [-0.25, -0.2) is 9.98 Å². The number of aryl methyl sites for hydroxylation is 2. The zero-order valence-corrected chi connectivity index (χ0v) is 32.5. The zero-order valence-electron chi connectivity index (χ0n) is 32.5. The van der Waals surface area contributed by atoms with Crippen LogP contribution in [0.4, 0.5) is 0 Å². The fourth-order valence-corrected chi connectivity index (χ4v) is 7.34. The lowest BCUT2D eigenvalue weighted by Gasteiger charge is -2.19. The molecule has 274 valence electrons. The van der Waals surface area contributed by atoms with Crippen molar-refractivity contribution in [1.82, 2.24) is 4.98 Å². The van der Waals surface area contributed by atoms with Crippen LogP contribution in [0.1, 0.15) is 35.0 Å². The van der Waals surface area contributed by atoms with Gasteiger partial charge in [0.1, 0.15) is 0 Å². The summed E-state index contributed by atoms with van der Waals surface area (Å²) in [6, 6.07) is 68.1. The molecule has 0 unspecified atom stereocenters. The molecule has 3 nitrogen and oxygen atoms in total. The summed E-state index contributed by atoms with van der Waals surface area (Å²) in [6.45, 7) is 10.5. The van der Waals surface area contributed by atoms with E-state index in [0.717, 1.165) is 50.5 Å². The molecule has 0 saturated carbocycles. The Morgan fingerprint density at radius 1 is 0.421 bits per heavy atom. The van der Waals surface area contributed by atoms with Crippen LogP contribution in [0.25, 0.3) is 61.3 Å². The van der Waals surface area contributed by atoms with Crippen molar-refractivity contribution in [1.29, 1.82) is 0 Å². The summed E-state index contributed by atoms with van der Waals surface area (Å²) in [4.78, 5) is 15.0. The summed E-state index contributed by atoms with van der Waals surface area (Å²) >= 11 is 0. The number of aliphatic imine (C=N–C) groups is 2. The summed E-state index contributed by atoms with van der Waals surface area (Å²) in [5.74, 6) is 0.597. The van der Waals surface area contributed by atoms with Crippen molar-refractivity contribution in [2.45, 2.75) is 20.8 Å². The van der Waals surface area contributed by atoms with Gasteiger partial charge in [-0.15, -0.1) is 0 Å². The van der Waals surface area contributed by atoms with E-state index in [1.807, 2.05) is 44.2 Å². The van der Waals surface area contributed by atoms with Crippen LogP contribution in [-0.4, -0.2) is 16.5 Å². The third-order valence-corrected chi connectivity index (χ3v) is 10.3. The lowest BCUT2D eigenvalue weighted by atomic mass is 9.84. The molecular formula is C54H43N3. The largest absolute Gasteiger partial charge is 0.258 e. The molecule has 3 heteroatoms. The highest BCUT2D eigenvalue weighted by atomic mass is 14.9. The molecule has 0 aliphatic heterocycles. The number of hydrogen-bond acceptors (Lipinski definition) is 2. The van der Waals surface area contributed by atoms with Gasteiger partial charge >= 0.3 is 0 Å². The smallest absolute Gasteiger partial charge is 0.160 e. The number of rotatable bonds is 9. The Hall–Kier alpha value is -7.23. The van der Waals surface area contributed by atoms with Crippen molar-refractivity contribution in [2.75, 3.05) is 0 Å². The quantitative estimate of drug-likeness (QED) is 0.107. The van der Waals surface area contributed by atoms with Gasteiger partial charge in [-0.2, -0.15) is 0 Å². The molecular weight excluding hydrogens is 691 g/mol. The maximum atomic E-state index is 5.22. The topological polar surface area (TPSA) is 37.6 Å². The van der Waals surface area contributed by atoms with Crippen LogP contribution in [0.2, 0.25) is 0 Å². The van der Waals surface area contributed by atoms with Crippen molar-refractivity contribution in [2.24, 2.45) is 9.98 Å². The van der Waals surface area contributed by atoms with E-state index in [1.165, 1.54) is 38.9 Å². The van der Waals surface area contributed by atoms with E-state index in [4.69, 9.17) is 15.0 Å². The molecule has 0 amide bonds. The minimum Gasteiger partial charge on any atom is -0.258 e. The van der Waals surface area contributed by atoms with Crippen molar-refractivity contribution >= 4 is 17.2 Å². The first-order valence-electron chi connectivity index (χ1n) is 19.3. The van der Waals surface area contributed by atoms with E-state index in [9.17, 15) is 0 Å². The molecule has 1 heterocycles. The number of amidine groups is 1. The summed E-state index contributed by atoms with van der Waals surface area (Å²) in [5, 5.41) is 0. The van der Waals surface area contributed by atoms with Gasteiger partial charge < -0.3 is 0 Å². The fraction of sp³-hybridized carbons (Fsp3) is 0.0556. The third kappa shape index (κ3) is 8.24. The molecule has 1 aromatic heterocycles. The SMILES string of the molecule is C=C(N=C(N=C(C)c1ccc(-c2c(-c3ccccc3)cc(-c3ccccc3)cc2-c2ccccc2)cc1)c1cccc(-c2ccc(C)nc2C)c1)c1ccccc1. The minimum atomic E-state index is 0.597. The third-order valence-electron chi connectivity index (χ3n) is 10.3. The minimum absolute atomic E-state index is 0.597. The standard InChI is InChI=1S/C54H43N3/c1-37-28-33-50(40(4)55-37)47-26-17-27-48(34-47)54(56-38(2)41-18-9-5-10-19-41)57-39(3)42-29-31-46(32-30-42)53-51(44-22-13-7-14-23-44)35-49(43-20-11-6-12-21-43)36-52(53)45-24-15-8-16-25-45/h5-36H,2H2,1,3-4H3. The molecule has 0 radical (unpaired) electrons. The van der Waals surface area contributed by atoms with E-state index >= 15 is 0 Å². The Morgan fingerprint density at radius 3 is 1.53 bits per heavy atom. The molecule has 7 aromatic carbocycles. The van der Waals surface area contributed by atoms with Crippen molar-refractivity contribution in [3.63, 3.8) is 0 Å². The summed E-state index contributed by atoms with van der Waals surface area (Å²) < 4.78 is 0. The molecule has 57 heavy (non-hydrogen) atoms. The Kier molecular flexibility index (Phi) is 10.7. The Labute approximate surface area is 336 Å². The highest BCUT2D eigenvalue weighted by Gasteiger charge is 2.18. The molecule has 0 atom stereocenters. The van der Waals surface area contributed by atoms with Crippen LogP contribution in [0.5, 0.6) is 0 Å². The van der Waals surface area contributed by atoms with Crippen LogP contribution < -0.4 is 0 Å². The van der Waals surface area contributed by atoms with E-state index in [1.54, 1.807) is 0 Å². The predicted molar refractivity (Wildman–Crippen MR) is 242 cm³/mol. The molecule has 0 spiro atoms. The summed E-state index contributed by atoms with van der Waals surface area (Å²) in [5.41, 5.74) is 17.9. The number of nitrogens with zero attached hydrogens (tertiary/aromatic N) is 3. The van der Waals surface area contributed by atoms with Gasteiger partial charge in [0.15, 0.2) is 5.84 Å². The van der Waals surface area contributed by atoms with Gasteiger partial charge in [0, 0.05) is 28.2 Å². The second kappa shape index (κ2) is 16.6. The summed E-state index contributed by atoms with van der Waals surface area (Å²) in [7, 11) is 0. The maximum absolute atomic E-state index is 5.22. The Bertz CT molecular complexity index is 2670. The Balaban J connectivity index is 1.23. The van der Waals surface area contributed by atoms with Gasteiger partial charge in [0.2, 0.25) is 0 Å². The fourth-order valence-electron chi connectivity index (χ4n) is 7.34. The van der Waals surface area contributed by atoms with Crippen LogP contribution in [-0.2, 0) is 0 Å². The van der Waals surface area contributed by atoms with E-state index < -0.39 is 0 Å². The van der Waals surface area contributed by atoms with Gasteiger partial charge in [0.05, 0.1) is 5.70 Å². The Morgan fingerprint density at radius 2 is 0.947 bits per heavy atom. The molecule has 8 rings (SSSR count). The first-order chi connectivity index (χ1) is 27.9. The van der Waals surface area contributed by atoms with Gasteiger partial charge in [-0.05, 0) is 106 Å². The average Bonchev–Trinajstić information content (AvgIpc) is 3.27. The second-order valence-corrected chi connectivity index (χ2v) is 14.2. The highest BCUT2D eigenvalue weighted by Crippen LogP contribution is 2.43. The van der Waals surface area contributed by atoms with Crippen LogP contribution in [0.15, 0.2) is 211 Å². The molecule has 0 saturated heterocycles. The van der Waals surface area contributed by atoms with Crippen molar-refractivity contribution in [3.8, 4) is 55.6 Å². The van der Waals surface area contributed by atoms with Gasteiger partial charge in [-0.1, -0.05) is 176 Å². The molecule has 0 fully saturated rings. The number of hydrogen-bond donors (Lipinski definition) is 0. The van der Waals surface area contributed by atoms with E-state index in [0.29, 0.717) is 11.5 Å². The first-order valence-corrected chi connectivity index (χ1v) is 19.3. The van der Waals surface area contributed by atoms with Crippen LogP contribution in [0, 0.1) is 13.8 Å². The number of benzene rings is 7. The lowest BCUT2D eigenvalue weighted by molar-refractivity contribution is 1.13. The number of pyridine rings is 1. The van der Waals surface area contributed by atoms with Crippen molar-refractivity contribution in [3.05, 3.63) is 229 Å². The average molecular weight is 734 g/mol. The zero-order chi connectivity index (χ0) is 39.1. The number of aromatic nitrogens is 1. The second-order valence-electron chi connectivity index (χ2n) is 14.2.